The van der Waals surface area contributed by atoms with E-state index in [2.05, 4.69) is 15.3 Å². The Labute approximate surface area is 91.4 Å². The Morgan fingerprint density at radius 3 is 2.88 bits per heavy atom. The van der Waals surface area contributed by atoms with Gasteiger partial charge in [-0.3, -0.25) is 20.2 Å². The number of aromatic nitrogens is 2. The lowest BCUT2D eigenvalue weighted by Gasteiger charge is -2.14. The molecule has 0 radical (unpaired) electrons. The van der Waals surface area contributed by atoms with Gasteiger partial charge in [0.15, 0.2) is 0 Å². The summed E-state index contributed by atoms with van der Waals surface area (Å²) in [7, 11) is -3.75. The van der Waals surface area contributed by atoms with E-state index in [1.54, 1.807) is 0 Å². The topological polar surface area (TPSA) is 141 Å². The quantitative estimate of drug-likeness (QED) is 0.410. The predicted molar refractivity (Wildman–Crippen MR) is 55.7 cm³/mol. The van der Waals surface area contributed by atoms with Crippen molar-refractivity contribution in [1.29, 1.82) is 0 Å². The number of imidazole rings is 1. The van der Waals surface area contributed by atoms with E-state index in [0.29, 0.717) is 5.69 Å². The van der Waals surface area contributed by atoms with Gasteiger partial charge in [-0.25, -0.2) is 4.98 Å². The highest BCUT2D eigenvalue weighted by Crippen LogP contribution is 2.27. The average molecular weight is 248 g/mol. The van der Waals surface area contributed by atoms with E-state index in [-0.39, 0.29) is 6.42 Å². The van der Waals surface area contributed by atoms with Crippen molar-refractivity contribution < 1.29 is 19.4 Å². The fourth-order valence-corrected chi connectivity index (χ4v) is 1.59. The first kappa shape index (κ1) is 12.9. The molecule has 1 unspecified atom stereocenters. The molecular weight excluding hydrogens is 235 g/mol. The minimum absolute atomic E-state index is 0.134. The number of rotatable bonds is 6. The molecule has 1 aromatic heterocycles. The fourth-order valence-electron chi connectivity index (χ4n) is 1.10. The molecule has 0 amide bonds. The summed E-state index contributed by atoms with van der Waals surface area (Å²) >= 11 is 0. The van der Waals surface area contributed by atoms with Gasteiger partial charge >= 0.3 is 5.97 Å². The van der Waals surface area contributed by atoms with Gasteiger partial charge in [-0.15, -0.1) is 0 Å². The molecule has 1 heterocycles. The molecule has 16 heavy (non-hydrogen) atoms. The van der Waals surface area contributed by atoms with Crippen molar-refractivity contribution in [2.45, 2.75) is 12.5 Å². The molecule has 1 aromatic rings. The van der Waals surface area contributed by atoms with Crippen LogP contribution in [-0.2, 0) is 15.8 Å². The maximum atomic E-state index is 10.8. The summed E-state index contributed by atoms with van der Waals surface area (Å²) in [6.07, 6.45) is 2.60. The second kappa shape index (κ2) is 5.22. The Hall–Kier alpha value is -1.21. The number of aromatic amines is 1. The molecule has 0 aromatic carbocycles. The SMILES string of the molecule is NP(=O)(O)CN[C@@H](Cc1cnc[nH]1)C(=O)O. The summed E-state index contributed by atoms with van der Waals surface area (Å²) in [6.45, 7) is 0. The van der Waals surface area contributed by atoms with E-state index in [1.165, 1.54) is 12.5 Å². The molecule has 9 heteroatoms. The number of hydrogen-bond donors (Lipinski definition) is 5. The molecule has 0 bridgehead atoms. The molecule has 0 fully saturated rings. The van der Waals surface area contributed by atoms with Gasteiger partial charge in [-0.1, -0.05) is 0 Å². The van der Waals surface area contributed by atoms with Crippen LogP contribution in [0.5, 0.6) is 0 Å². The van der Waals surface area contributed by atoms with Crippen LogP contribution in [0.25, 0.3) is 0 Å². The summed E-state index contributed by atoms with van der Waals surface area (Å²) < 4.78 is 10.8. The molecular formula is C7H13N4O4P. The van der Waals surface area contributed by atoms with Gasteiger partial charge in [-0.05, 0) is 0 Å². The predicted octanol–water partition coefficient (Wildman–Crippen LogP) is -0.903. The number of carboxylic acid groups (broad SMARTS) is 1. The summed E-state index contributed by atoms with van der Waals surface area (Å²) in [4.78, 5) is 26.1. The number of aliphatic carboxylic acids is 1. The third-order valence-corrected chi connectivity index (χ3v) is 2.48. The van der Waals surface area contributed by atoms with Crippen molar-refractivity contribution in [3.05, 3.63) is 18.2 Å². The third kappa shape index (κ3) is 4.54. The Kier molecular flexibility index (Phi) is 4.19. The van der Waals surface area contributed by atoms with Crippen LogP contribution in [0.2, 0.25) is 0 Å². The Balaban J connectivity index is 2.55. The molecule has 2 atom stereocenters. The van der Waals surface area contributed by atoms with Crippen LogP contribution in [0, 0.1) is 0 Å². The minimum Gasteiger partial charge on any atom is -0.480 e. The number of H-pyrrole nitrogens is 1. The Bertz CT molecular complexity index is 387. The fraction of sp³-hybridized carbons (Fsp3) is 0.429. The maximum Gasteiger partial charge on any atom is 0.321 e. The highest BCUT2D eigenvalue weighted by atomic mass is 31.2. The van der Waals surface area contributed by atoms with Gasteiger partial charge in [0.25, 0.3) is 7.52 Å². The van der Waals surface area contributed by atoms with Crippen molar-refractivity contribution >= 4 is 13.5 Å². The second-order valence-electron chi connectivity index (χ2n) is 3.29. The van der Waals surface area contributed by atoms with Gasteiger partial charge < -0.3 is 15.0 Å². The number of nitrogens with zero attached hydrogens (tertiary/aromatic N) is 1. The lowest BCUT2D eigenvalue weighted by atomic mass is 10.2. The van der Waals surface area contributed by atoms with Crippen molar-refractivity contribution in [1.82, 2.24) is 15.3 Å². The van der Waals surface area contributed by atoms with Crippen LogP contribution in [0.1, 0.15) is 5.69 Å². The lowest BCUT2D eigenvalue weighted by molar-refractivity contribution is -0.139. The zero-order valence-corrected chi connectivity index (χ0v) is 9.22. The van der Waals surface area contributed by atoms with Gasteiger partial charge in [0, 0.05) is 18.3 Å². The number of nitrogens with one attached hydrogen (secondary N) is 2. The maximum absolute atomic E-state index is 10.8. The third-order valence-electron chi connectivity index (χ3n) is 1.84. The van der Waals surface area contributed by atoms with Crippen LogP contribution < -0.4 is 10.8 Å². The normalized spacial score (nSPS) is 16.6. The summed E-state index contributed by atoms with van der Waals surface area (Å²) in [6, 6.07) is -0.982. The first-order valence-electron chi connectivity index (χ1n) is 4.42. The first-order chi connectivity index (χ1) is 7.38. The zero-order chi connectivity index (χ0) is 12.2. The summed E-state index contributed by atoms with van der Waals surface area (Å²) in [5.74, 6) is -1.12. The molecule has 6 N–H and O–H groups in total. The number of carboxylic acids is 1. The van der Waals surface area contributed by atoms with Crippen molar-refractivity contribution in [3.63, 3.8) is 0 Å². The molecule has 0 saturated carbocycles. The Morgan fingerprint density at radius 2 is 2.44 bits per heavy atom. The molecule has 0 aliphatic rings. The molecule has 0 saturated heterocycles. The average Bonchev–Trinajstić information content (AvgIpc) is 2.62. The monoisotopic (exact) mass is 248 g/mol. The van der Waals surface area contributed by atoms with Crippen molar-refractivity contribution in [3.8, 4) is 0 Å². The highest BCUT2D eigenvalue weighted by Gasteiger charge is 2.21. The van der Waals surface area contributed by atoms with Crippen molar-refractivity contribution in [2.75, 3.05) is 6.29 Å². The smallest absolute Gasteiger partial charge is 0.321 e. The molecule has 90 valence electrons. The highest BCUT2D eigenvalue weighted by molar-refractivity contribution is 7.55. The van der Waals surface area contributed by atoms with Crippen LogP contribution in [0.4, 0.5) is 0 Å². The Morgan fingerprint density at radius 1 is 1.75 bits per heavy atom. The van der Waals surface area contributed by atoms with E-state index < -0.39 is 25.8 Å². The lowest BCUT2D eigenvalue weighted by Crippen LogP contribution is -2.39. The van der Waals surface area contributed by atoms with Crippen LogP contribution >= 0.6 is 7.52 Å². The number of nitrogens with two attached hydrogens (primary N) is 1. The van der Waals surface area contributed by atoms with E-state index in [4.69, 9.17) is 15.5 Å². The van der Waals surface area contributed by atoms with E-state index in [0.717, 1.165) is 0 Å². The molecule has 0 spiro atoms. The number of carbonyl (C=O) groups is 1. The largest absolute Gasteiger partial charge is 0.480 e. The van der Waals surface area contributed by atoms with Crippen molar-refractivity contribution in [2.24, 2.45) is 5.50 Å². The molecule has 1 rings (SSSR count). The van der Waals surface area contributed by atoms with E-state index in [1.807, 2.05) is 0 Å². The standard InChI is InChI=1S/C7H13N4O4P/c8-16(14,15)4-11-6(7(12)13)1-5-2-9-3-10-5/h2-3,6,11H,1,4H2,(H,9,10)(H,12,13)(H3,8,14,15)/t6-/m0/s1. The first-order valence-corrected chi connectivity index (χ1v) is 6.34. The minimum atomic E-state index is -3.75. The van der Waals surface area contributed by atoms with E-state index in [9.17, 15) is 9.36 Å². The van der Waals surface area contributed by atoms with Crippen LogP contribution in [0.3, 0.4) is 0 Å². The molecule has 0 aliphatic heterocycles. The zero-order valence-electron chi connectivity index (χ0n) is 8.33. The second-order valence-corrected chi connectivity index (χ2v) is 5.12. The van der Waals surface area contributed by atoms with Gasteiger partial charge in [0.1, 0.15) is 6.04 Å². The molecule has 0 aliphatic carbocycles. The van der Waals surface area contributed by atoms with Gasteiger partial charge in [0.2, 0.25) is 0 Å². The van der Waals surface area contributed by atoms with Gasteiger partial charge in [0.05, 0.1) is 12.6 Å². The van der Waals surface area contributed by atoms with Gasteiger partial charge in [-0.2, -0.15) is 0 Å². The molecule has 8 nitrogen and oxygen atoms in total. The van der Waals surface area contributed by atoms with E-state index >= 15 is 0 Å². The summed E-state index contributed by atoms with van der Waals surface area (Å²) in [5.41, 5.74) is 5.51. The summed E-state index contributed by atoms with van der Waals surface area (Å²) in [5, 5.41) is 11.3. The van der Waals surface area contributed by atoms with Crippen LogP contribution in [0.15, 0.2) is 12.5 Å². The number of hydrogen-bond acceptors (Lipinski definition) is 4. The van der Waals surface area contributed by atoms with Crippen LogP contribution in [-0.4, -0.2) is 38.3 Å².